The van der Waals surface area contributed by atoms with Crippen LogP contribution in [0.2, 0.25) is 5.02 Å². The molecular formula is C22H26ClNO3. The van der Waals surface area contributed by atoms with E-state index in [1.54, 1.807) is 12.1 Å². The average Bonchev–Trinajstić information content (AvgIpc) is 2.64. The van der Waals surface area contributed by atoms with Crippen LogP contribution in [0.15, 0.2) is 30.3 Å². The van der Waals surface area contributed by atoms with E-state index in [0.29, 0.717) is 35.3 Å². The SMILES string of the molecule is CCc1ccc(OCCOc2c(Cl)cc(C#N)cc2OC)c(C(C)(C)C)c1. The molecule has 0 aromatic heterocycles. The highest BCUT2D eigenvalue weighted by Gasteiger charge is 2.19. The van der Waals surface area contributed by atoms with Gasteiger partial charge in [0, 0.05) is 6.07 Å². The number of hydrogen-bond donors (Lipinski definition) is 0. The second-order valence-electron chi connectivity index (χ2n) is 7.23. The maximum absolute atomic E-state index is 9.02. The topological polar surface area (TPSA) is 51.5 Å². The van der Waals surface area contributed by atoms with E-state index >= 15 is 0 Å². The van der Waals surface area contributed by atoms with E-state index in [0.717, 1.165) is 12.2 Å². The standard InChI is InChI=1S/C22H26ClNO3/c1-6-15-7-8-19(17(11-15)22(2,3)4)26-9-10-27-21-18(23)12-16(14-24)13-20(21)25-5/h7-8,11-13H,6,9-10H2,1-5H3. The summed E-state index contributed by atoms with van der Waals surface area (Å²) in [6.45, 7) is 9.34. The average molecular weight is 388 g/mol. The zero-order valence-corrected chi connectivity index (χ0v) is 17.3. The van der Waals surface area contributed by atoms with Crippen molar-refractivity contribution in [3.63, 3.8) is 0 Å². The first-order valence-corrected chi connectivity index (χ1v) is 9.34. The van der Waals surface area contributed by atoms with Gasteiger partial charge < -0.3 is 14.2 Å². The van der Waals surface area contributed by atoms with Crippen molar-refractivity contribution in [2.24, 2.45) is 0 Å². The molecule has 0 aliphatic carbocycles. The predicted octanol–water partition coefficient (Wildman–Crippen LogP) is 5.54. The Morgan fingerprint density at radius 3 is 2.33 bits per heavy atom. The third-order valence-electron chi connectivity index (χ3n) is 4.21. The molecule has 0 fully saturated rings. The molecule has 0 atom stereocenters. The Morgan fingerprint density at radius 2 is 1.74 bits per heavy atom. The lowest BCUT2D eigenvalue weighted by Gasteiger charge is -2.24. The molecule has 0 aliphatic heterocycles. The monoisotopic (exact) mass is 387 g/mol. The molecule has 2 aromatic carbocycles. The lowest BCUT2D eigenvalue weighted by Crippen LogP contribution is -2.16. The maximum Gasteiger partial charge on any atom is 0.179 e. The van der Waals surface area contributed by atoms with E-state index in [1.807, 2.05) is 12.1 Å². The van der Waals surface area contributed by atoms with Crippen molar-refractivity contribution in [2.75, 3.05) is 20.3 Å². The van der Waals surface area contributed by atoms with Gasteiger partial charge in [-0.05, 0) is 35.1 Å². The molecule has 0 spiro atoms. The van der Waals surface area contributed by atoms with Gasteiger partial charge in [-0.15, -0.1) is 0 Å². The van der Waals surface area contributed by atoms with Gasteiger partial charge in [-0.2, -0.15) is 5.26 Å². The number of rotatable bonds is 7. The van der Waals surface area contributed by atoms with Crippen LogP contribution in [0.1, 0.15) is 44.4 Å². The number of methoxy groups -OCH3 is 1. The number of halogens is 1. The maximum atomic E-state index is 9.02. The van der Waals surface area contributed by atoms with Crippen LogP contribution >= 0.6 is 11.6 Å². The minimum atomic E-state index is -0.0129. The van der Waals surface area contributed by atoms with Gasteiger partial charge in [-0.1, -0.05) is 51.4 Å². The van der Waals surface area contributed by atoms with Crippen LogP contribution in [-0.4, -0.2) is 20.3 Å². The van der Waals surface area contributed by atoms with Gasteiger partial charge in [0.25, 0.3) is 0 Å². The van der Waals surface area contributed by atoms with E-state index in [-0.39, 0.29) is 5.41 Å². The minimum absolute atomic E-state index is 0.0129. The first-order valence-electron chi connectivity index (χ1n) is 8.96. The first-order chi connectivity index (χ1) is 12.8. The molecule has 27 heavy (non-hydrogen) atoms. The van der Waals surface area contributed by atoms with Gasteiger partial charge >= 0.3 is 0 Å². The molecule has 0 heterocycles. The fourth-order valence-corrected chi connectivity index (χ4v) is 2.99. The van der Waals surface area contributed by atoms with Crippen molar-refractivity contribution in [2.45, 2.75) is 39.5 Å². The molecular weight excluding hydrogens is 362 g/mol. The lowest BCUT2D eigenvalue weighted by atomic mass is 9.85. The third-order valence-corrected chi connectivity index (χ3v) is 4.49. The zero-order chi connectivity index (χ0) is 20.0. The zero-order valence-electron chi connectivity index (χ0n) is 16.6. The summed E-state index contributed by atoms with van der Waals surface area (Å²) >= 11 is 6.21. The van der Waals surface area contributed by atoms with Crippen molar-refractivity contribution >= 4 is 11.6 Å². The molecule has 0 saturated carbocycles. The molecule has 0 N–H and O–H groups in total. The molecule has 0 saturated heterocycles. The molecule has 0 amide bonds. The van der Waals surface area contributed by atoms with Gasteiger partial charge in [0.15, 0.2) is 11.5 Å². The van der Waals surface area contributed by atoms with Crippen LogP contribution in [0.25, 0.3) is 0 Å². The van der Waals surface area contributed by atoms with Crippen LogP contribution in [0.4, 0.5) is 0 Å². The highest BCUT2D eigenvalue weighted by atomic mass is 35.5. The lowest BCUT2D eigenvalue weighted by molar-refractivity contribution is 0.209. The number of benzene rings is 2. The Labute approximate surface area is 166 Å². The number of aryl methyl sites for hydroxylation is 1. The summed E-state index contributed by atoms with van der Waals surface area (Å²) in [4.78, 5) is 0. The van der Waals surface area contributed by atoms with E-state index in [2.05, 4.69) is 39.8 Å². The Morgan fingerprint density at radius 1 is 1.04 bits per heavy atom. The molecule has 0 unspecified atom stereocenters. The number of hydrogen-bond acceptors (Lipinski definition) is 4. The Kier molecular flexibility index (Phi) is 6.98. The predicted molar refractivity (Wildman–Crippen MR) is 108 cm³/mol. The highest BCUT2D eigenvalue weighted by molar-refractivity contribution is 6.32. The fraction of sp³-hybridized carbons (Fsp3) is 0.409. The number of nitriles is 1. The third kappa shape index (κ3) is 5.30. The first kappa shape index (κ1) is 20.9. The summed E-state index contributed by atoms with van der Waals surface area (Å²) in [6.07, 6.45) is 0.990. The number of nitrogens with zero attached hydrogens (tertiary/aromatic N) is 1. The smallest absolute Gasteiger partial charge is 0.179 e. The van der Waals surface area contributed by atoms with Crippen molar-refractivity contribution in [1.82, 2.24) is 0 Å². The van der Waals surface area contributed by atoms with Crippen molar-refractivity contribution < 1.29 is 14.2 Å². The quantitative estimate of drug-likeness (QED) is 0.585. The summed E-state index contributed by atoms with van der Waals surface area (Å²) in [5.74, 6) is 1.71. The molecule has 4 nitrogen and oxygen atoms in total. The Balaban J connectivity index is 2.07. The van der Waals surface area contributed by atoms with Crippen LogP contribution in [0.5, 0.6) is 17.2 Å². The van der Waals surface area contributed by atoms with Gasteiger partial charge in [0.2, 0.25) is 0 Å². The molecule has 0 aliphatic rings. The van der Waals surface area contributed by atoms with Crippen molar-refractivity contribution in [1.29, 1.82) is 5.26 Å². The molecule has 2 rings (SSSR count). The van der Waals surface area contributed by atoms with E-state index in [1.165, 1.54) is 18.2 Å². The molecule has 2 aromatic rings. The van der Waals surface area contributed by atoms with Gasteiger partial charge in [0.1, 0.15) is 19.0 Å². The minimum Gasteiger partial charge on any atom is -0.493 e. The second-order valence-corrected chi connectivity index (χ2v) is 7.64. The molecule has 5 heteroatoms. The summed E-state index contributed by atoms with van der Waals surface area (Å²) in [6, 6.07) is 11.5. The summed E-state index contributed by atoms with van der Waals surface area (Å²) < 4.78 is 17.0. The second kappa shape index (κ2) is 9.01. The number of ether oxygens (including phenoxy) is 3. The Hall–Kier alpha value is -2.38. The van der Waals surface area contributed by atoms with Crippen molar-refractivity contribution in [3.8, 4) is 23.3 Å². The molecule has 144 valence electrons. The summed E-state index contributed by atoms with van der Waals surface area (Å²) in [7, 11) is 1.51. The molecule has 0 bridgehead atoms. The van der Waals surface area contributed by atoms with Crippen LogP contribution < -0.4 is 14.2 Å². The summed E-state index contributed by atoms with van der Waals surface area (Å²) in [5.41, 5.74) is 2.88. The van der Waals surface area contributed by atoms with Gasteiger partial charge in [-0.3, -0.25) is 0 Å². The fourth-order valence-electron chi connectivity index (χ4n) is 2.73. The van der Waals surface area contributed by atoms with E-state index in [9.17, 15) is 0 Å². The largest absolute Gasteiger partial charge is 0.493 e. The molecule has 0 radical (unpaired) electrons. The summed E-state index contributed by atoms with van der Waals surface area (Å²) in [5, 5.41) is 9.36. The van der Waals surface area contributed by atoms with Crippen LogP contribution in [0, 0.1) is 11.3 Å². The normalized spacial score (nSPS) is 11.0. The van der Waals surface area contributed by atoms with Crippen molar-refractivity contribution in [3.05, 3.63) is 52.0 Å². The highest BCUT2D eigenvalue weighted by Crippen LogP contribution is 2.36. The van der Waals surface area contributed by atoms with E-state index < -0.39 is 0 Å². The van der Waals surface area contributed by atoms with Crippen LogP contribution in [-0.2, 0) is 11.8 Å². The van der Waals surface area contributed by atoms with E-state index in [4.69, 9.17) is 31.1 Å². The Bertz CT molecular complexity index is 835. The van der Waals surface area contributed by atoms with Gasteiger partial charge in [-0.25, -0.2) is 0 Å². The van der Waals surface area contributed by atoms with Gasteiger partial charge in [0.05, 0.1) is 23.8 Å². The van der Waals surface area contributed by atoms with Crippen LogP contribution in [0.3, 0.4) is 0 Å².